The van der Waals surface area contributed by atoms with Crippen molar-refractivity contribution < 1.29 is 14.3 Å². The Bertz CT molecular complexity index is 461. The molecule has 0 N–H and O–H groups in total. The summed E-state index contributed by atoms with van der Waals surface area (Å²) in [6, 6.07) is 7.91. The van der Waals surface area contributed by atoms with Gasteiger partial charge in [0, 0.05) is 17.2 Å². The number of fused-ring (bicyclic) bond motifs is 1. The van der Waals surface area contributed by atoms with Crippen LogP contribution in [-0.4, -0.2) is 37.2 Å². The normalized spacial score (nSPS) is 13.9. The van der Waals surface area contributed by atoms with Crippen LogP contribution in [0, 0.1) is 0 Å². The molecule has 0 spiro atoms. The van der Waals surface area contributed by atoms with Crippen molar-refractivity contribution in [1.29, 1.82) is 0 Å². The largest absolute Gasteiger partial charge is 0.460 e. The number of nitrogens with zero attached hydrogens (tertiary/aromatic N) is 1. The first-order valence-electron chi connectivity index (χ1n) is 5.89. The zero-order chi connectivity index (χ0) is 13.0. The van der Waals surface area contributed by atoms with Crippen molar-refractivity contribution in [2.24, 2.45) is 0 Å². The van der Waals surface area contributed by atoms with Crippen LogP contribution in [-0.2, 0) is 14.3 Å². The second-order valence-electron chi connectivity index (χ2n) is 3.88. The highest BCUT2D eigenvalue weighted by Gasteiger charge is 2.23. The average molecular weight is 265 g/mol. The molecule has 1 aliphatic heterocycles. The van der Waals surface area contributed by atoms with Crippen molar-refractivity contribution in [1.82, 2.24) is 0 Å². The van der Waals surface area contributed by atoms with Crippen molar-refractivity contribution in [3.05, 3.63) is 24.3 Å². The number of anilines is 1. The van der Waals surface area contributed by atoms with Gasteiger partial charge in [-0.3, -0.25) is 4.79 Å². The summed E-state index contributed by atoms with van der Waals surface area (Å²) in [7, 11) is 0. The Morgan fingerprint density at radius 2 is 2.17 bits per heavy atom. The first-order valence-corrected chi connectivity index (χ1v) is 6.87. The predicted molar refractivity (Wildman–Crippen MR) is 71.0 cm³/mol. The number of ketones is 1. The number of hydrogen-bond acceptors (Lipinski definition) is 5. The summed E-state index contributed by atoms with van der Waals surface area (Å²) in [5.41, 5.74) is 1.02. The van der Waals surface area contributed by atoms with Gasteiger partial charge in [0.1, 0.15) is 0 Å². The minimum Gasteiger partial charge on any atom is -0.460 e. The van der Waals surface area contributed by atoms with Crippen molar-refractivity contribution in [2.45, 2.75) is 11.8 Å². The maximum absolute atomic E-state index is 11.7. The number of thioether (sulfide) groups is 1. The first-order chi connectivity index (χ1) is 8.72. The molecule has 0 aromatic heterocycles. The third kappa shape index (κ3) is 2.85. The van der Waals surface area contributed by atoms with Crippen molar-refractivity contribution >= 4 is 29.2 Å². The van der Waals surface area contributed by atoms with Gasteiger partial charge in [-0.25, -0.2) is 4.79 Å². The fourth-order valence-corrected chi connectivity index (χ4v) is 2.89. The number of hydrogen-bond donors (Lipinski definition) is 0. The van der Waals surface area contributed by atoms with E-state index in [1.165, 1.54) is 0 Å². The number of rotatable bonds is 4. The molecule has 1 aromatic carbocycles. The van der Waals surface area contributed by atoms with E-state index in [0.717, 1.165) is 22.9 Å². The summed E-state index contributed by atoms with van der Waals surface area (Å²) in [5.74, 6) is -0.306. The monoisotopic (exact) mass is 265 g/mol. The van der Waals surface area contributed by atoms with E-state index in [2.05, 4.69) is 0 Å². The maximum Gasteiger partial charge on any atom is 0.376 e. The molecule has 96 valence electrons. The zero-order valence-corrected chi connectivity index (χ0v) is 11.0. The third-order valence-electron chi connectivity index (χ3n) is 2.66. The van der Waals surface area contributed by atoms with Gasteiger partial charge in [0.05, 0.1) is 18.8 Å². The highest BCUT2D eigenvalue weighted by molar-refractivity contribution is 7.99. The lowest BCUT2D eigenvalue weighted by molar-refractivity contribution is -0.152. The van der Waals surface area contributed by atoms with Crippen LogP contribution in [0.15, 0.2) is 29.2 Å². The lowest BCUT2D eigenvalue weighted by Crippen LogP contribution is -2.37. The van der Waals surface area contributed by atoms with E-state index in [4.69, 9.17) is 4.74 Å². The van der Waals surface area contributed by atoms with Crippen LogP contribution in [0.2, 0.25) is 0 Å². The van der Waals surface area contributed by atoms with Crippen LogP contribution in [0.3, 0.4) is 0 Å². The molecule has 0 saturated carbocycles. The standard InChI is InChI=1S/C13H15NO3S/c1-2-17-13(16)11(15)9-14-7-8-18-12-6-4-3-5-10(12)14/h3-6H,2,7-9H2,1H3. The number of esters is 1. The summed E-state index contributed by atoms with van der Waals surface area (Å²) in [5, 5.41) is 0. The topological polar surface area (TPSA) is 46.6 Å². The van der Waals surface area contributed by atoms with Crippen molar-refractivity contribution in [3.8, 4) is 0 Å². The van der Waals surface area contributed by atoms with Gasteiger partial charge in [0.2, 0.25) is 0 Å². The van der Waals surface area contributed by atoms with Gasteiger partial charge in [-0.2, -0.15) is 0 Å². The van der Waals surface area contributed by atoms with Gasteiger partial charge in [-0.15, -0.1) is 11.8 Å². The summed E-state index contributed by atoms with van der Waals surface area (Å²) in [6.07, 6.45) is 0. The smallest absolute Gasteiger partial charge is 0.376 e. The maximum atomic E-state index is 11.7. The van der Waals surface area contributed by atoms with Crippen LogP contribution in [0.4, 0.5) is 5.69 Å². The van der Waals surface area contributed by atoms with E-state index in [1.807, 2.05) is 29.2 Å². The van der Waals surface area contributed by atoms with E-state index in [1.54, 1.807) is 18.7 Å². The van der Waals surface area contributed by atoms with Gasteiger partial charge >= 0.3 is 5.97 Å². The van der Waals surface area contributed by atoms with Gasteiger partial charge in [-0.1, -0.05) is 12.1 Å². The van der Waals surface area contributed by atoms with Gasteiger partial charge in [0.25, 0.3) is 5.78 Å². The molecule has 0 amide bonds. The Kier molecular flexibility index (Phi) is 4.25. The van der Waals surface area contributed by atoms with Crippen LogP contribution < -0.4 is 4.90 Å². The molecule has 1 heterocycles. The van der Waals surface area contributed by atoms with Crippen LogP contribution in [0.5, 0.6) is 0 Å². The first kappa shape index (κ1) is 13.0. The summed E-state index contributed by atoms with van der Waals surface area (Å²) in [6.45, 7) is 2.79. The van der Waals surface area contributed by atoms with Crippen LogP contribution in [0.1, 0.15) is 6.92 Å². The van der Waals surface area contributed by atoms with E-state index >= 15 is 0 Å². The summed E-state index contributed by atoms with van der Waals surface area (Å²) >= 11 is 1.77. The molecule has 0 saturated heterocycles. The Hall–Kier alpha value is -1.49. The average Bonchev–Trinajstić information content (AvgIpc) is 2.39. The summed E-state index contributed by atoms with van der Waals surface area (Å²) in [4.78, 5) is 26.1. The molecular weight excluding hydrogens is 250 g/mol. The number of para-hydroxylation sites is 1. The molecule has 18 heavy (non-hydrogen) atoms. The van der Waals surface area contributed by atoms with Crippen molar-refractivity contribution in [3.63, 3.8) is 0 Å². The molecule has 0 unspecified atom stereocenters. The minimum absolute atomic E-state index is 0.0937. The Morgan fingerprint density at radius 1 is 1.39 bits per heavy atom. The van der Waals surface area contributed by atoms with E-state index in [0.29, 0.717) is 0 Å². The highest BCUT2D eigenvalue weighted by atomic mass is 32.2. The second-order valence-corrected chi connectivity index (χ2v) is 5.02. The highest BCUT2D eigenvalue weighted by Crippen LogP contribution is 2.33. The Morgan fingerprint density at radius 3 is 2.94 bits per heavy atom. The van der Waals surface area contributed by atoms with E-state index < -0.39 is 11.8 Å². The van der Waals surface area contributed by atoms with Crippen LogP contribution in [0.25, 0.3) is 0 Å². The molecule has 0 aliphatic carbocycles. The molecule has 0 fully saturated rings. The Labute approximate surface area is 110 Å². The molecule has 0 atom stereocenters. The summed E-state index contributed by atoms with van der Waals surface area (Å²) < 4.78 is 4.71. The SMILES string of the molecule is CCOC(=O)C(=O)CN1CCSc2ccccc21. The fraction of sp³-hybridized carbons (Fsp3) is 0.385. The third-order valence-corrected chi connectivity index (χ3v) is 3.71. The molecule has 0 radical (unpaired) electrons. The molecular formula is C13H15NO3S. The number of carbonyl (C=O) groups is 2. The molecule has 1 aromatic rings. The zero-order valence-electron chi connectivity index (χ0n) is 10.2. The van der Waals surface area contributed by atoms with Gasteiger partial charge in [0.15, 0.2) is 0 Å². The predicted octanol–water partition coefficient (Wildman–Crippen LogP) is 1.73. The second kappa shape index (κ2) is 5.91. The van der Waals surface area contributed by atoms with E-state index in [9.17, 15) is 9.59 Å². The quantitative estimate of drug-likeness (QED) is 0.613. The molecule has 5 heteroatoms. The van der Waals surface area contributed by atoms with Gasteiger partial charge in [-0.05, 0) is 19.1 Å². The van der Waals surface area contributed by atoms with E-state index in [-0.39, 0.29) is 13.2 Å². The lowest BCUT2D eigenvalue weighted by Gasteiger charge is -2.29. The molecule has 4 nitrogen and oxygen atoms in total. The number of benzene rings is 1. The number of carbonyl (C=O) groups excluding carboxylic acids is 2. The minimum atomic E-state index is -0.742. The Balaban J connectivity index is 2.07. The van der Waals surface area contributed by atoms with Crippen molar-refractivity contribution in [2.75, 3.05) is 30.3 Å². The fourth-order valence-electron chi connectivity index (χ4n) is 1.84. The molecule has 1 aliphatic rings. The van der Waals surface area contributed by atoms with Crippen LogP contribution >= 0.6 is 11.8 Å². The number of ether oxygens (including phenoxy) is 1. The lowest BCUT2D eigenvalue weighted by atomic mass is 10.2. The molecule has 0 bridgehead atoms. The molecule has 2 rings (SSSR count). The van der Waals surface area contributed by atoms with Gasteiger partial charge < -0.3 is 9.64 Å². The number of Topliss-reactive ketones (excluding diaryl/α,β-unsaturated/α-hetero) is 1.